The molecule has 2 aromatic rings. The number of sulfone groups is 1. The second kappa shape index (κ2) is 8.45. The number of hydrogen-bond donors (Lipinski definition) is 1. The van der Waals surface area contributed by atoms with Gasteiger partial charge in [-0.2, -0.15) is 0 Å². The molecule has 1 aromatic heterocycles. The number of carbonyl (C=O) groups is 2. The first-order valence-corrected chi connectivity index (χ1v) is 11.8. The van der Waals surface area contributed by atoms with Crippen molar-refractivity contribution in [2.45, 2.75) is 26.7 Å². The SMILES string of the molecule is CCOC(=O)c1c(-c2ccc(C)cc2)csc1NC(=O)CC1CCS(=O)(=O)C1. The van der Waals surface area contributed by atoms with Crippen molar-refractivity contribution in [3.05, 3.63) is 40.8 Å². The maximum absolute atomic E-state index is 12.6. The van der Waals surface area contributed by atoms with Crippen LogP contribution >= 0.6 is 11.3 Å². The fourth-order valence-electron chi connectivity index (χ4n) is 3.27. The maximum Gasteiger partial charge on any atom is 0.341 e. The highest BCUT2D eigenvalue weighted by Crippen LogP contribution is 2.36. The van der Waals surface area contributed by atoms with Crippen molar-refractivity contribution >= 4 is 38.1 Å². The average Bonchev–Trinajstić information content (AvgIpc) is 3.18. The van der Waals surface area contributed by atoms with Gasteiger partial charge in [0.2, 0.25) is 5.91 Å². The van der Waals surface area contributed by atoms with E-state index in [2.05, 4.69) is 5.32 Å². The maximum atomic E-state index is 12.6. The average molecular weight is 422 g/mol. The van der Waals surface area contributed by atoms with Crippen LogP contribution in [0.3, 0.4) is 0 Å². The third-order valence-electron chi connectivity index (χ3n) is 4.69. The second-order valence-corrected chi connectivity index (χ2v) is 10.1. The van der Waals surface area contributed by atoms with Gasteiger partial charge in [-0.1, -0.05) is 29.8 Å². The van der Waals surface area contributed by atoms with Crippen LogP contribution in [0.5, 0.6) is 0 Å². The van der Waals surface area contributed by atoms with Gasteiger partial charge in [-0.05, 0) is 31.7 Å². The number of thiophene rings is 1. The number of anilines is 1. The molecule has 150 valence electrons. The summed E-state index contributed by atoms with van der Waals surface area (Å²) in [5.41, 5.74) is 3.02. The lowest BCUT2D eigenvalue weighted by atomic mass is 10.0. The Bertz CT molecular complexity index is 977. The predicted octanol–water partition coefficient (Wildman–Crippen LogP) is 3.66. The molecule has 1 atom stereocenters. The molecule has 6 nitrogen and oxygen atoms in total. The number of esters is 1. The van der Waals surface area contributed by atoms with Crippen LogP contribution < -0.4 is 5.32 Å². The van der Waals surface area contributed by atoms with Gasteiger partial charge in [-0.25, -0.2) is 13.2 Å². The van der Waals surface area contributed by atoms with E-state index in [-0.39, 0.29) is 36.4 Å². The van der Waals surface area contributed by atoms with Crippen LogP contribution in [-0.4, -0.2) is 38.4 Å². The van der Waals surface area contributed by atoms with Crippen molar-refractivity contribution in [2.24, 2.45) is 5.92 Å². The first kappa shape index (κ1) is 20.5. The van der Waals surface area contributed by atoms with Crippen LogP contribution in [0.2, 0.25) is 0 Å². The van der Waals surface area contributed by atoms with Crippen LogP contribution in [0.15, 0.2) is 29.6 Å². The Labute approximate surface area is 168 Å². The largest absolute Gasteiger partial charge is 0.462 e. The van der Waals surface area contributed by atoms with E-state index in [0.29, 0.717) is 22.5 Å². The molecule has 0 saturated carbocycles. The lowest BCUT2D eigenvalue weighted by molar-refractivity contribution is -0.116. The van der Waals surface area contributed by atoms with Gasteiger partial charge in [0.1, 0.15) is 10.6 Å². The highest BCUT2D eigenvalue weighted by atomic mass is 32.2. The molecule has 2 heterocycles. The van der Waals surface area contributed by atoms with E-state index >= 15 is 0 Å². The number of hydrogen-bond acceptors (Lipinski definition) is 6. The summed E-state index contributed by atoms with van der Waals surface area (Å²) in [6, 6.07) is 7.77. The van der Waals surface area contributed by atoms with E-state index in [1.807, 2.05) is 36.6 Å². The van der Waals surface area contributed by atoms with Gasteiger partial charge < -0.3 is 10.1 Å². The first-order chi connectivity index (χ1) is 13.3. The number of amides is 1. The molecule has 1 aromatic carbocycles. The van der Waals surface area contributed by atoms with Gasteiger partial charge in [0.15, 0.2) is 9.84 Å². The summed E-state index contributed by atoms with van der Waals surface area (Å²) < 4.78 is 28.4. The molecule has 3 rings (SSSR count). The fourth-order valence-corrected chi connectivity index (χ4v) is 6.11. The predicted molar refractivity (Wildman–Crippen MR) is 110 cm³/mol. The Morgan fingerprint density at radius 3 is 2.57 bits per heavy atom. The third-order valence-corrected chi connectivity index (χ3v) is 7.42. The van der Waals surface area contributed by atoms with Crippen molar-refractivity contribution in [3.8, 4) is 11.1 Å². The summed E-state index contributed by atoms with van der Waals surface area (Å²) in [6.45, 7) is 3.95. The molecule has 1 aliphatic heterocycles. The molecule has 8 heteroatoms. The Balaban J connectivity index is 1.83. The lowest BCUT2D eigenvalue weighted by Crippen LogP contribution is -2.18. The number of carbonyl (C=O) groups excluding carboxylic acids is 2. The van der Waals surface area contributed by atoms with Crippen molar-refractivity contribution in [2.75, 3.05) is 23.4 Å². The van der Waals surface area contributed by atoms with Crippen molar-refractivity contribution in [1.82, 2.24) is 0 Å². The van der Waals surface area contributed by atoms with Gasteiger partial charge in [-0.15, -0.1) is 11.3 Å². The molecule has 1 saturated heterocycles. The smallest absolute Gasteiger partial charge is 0.341 e. The molecule has 1 fully saturated rings. The van der Waals surface area contributed by atoms with Crippen LogP contribution in [0, 0.1) is 12.8 Å². The van der Waals surface area contributed by atoms with Gasteiger partial charge in [0, 0.05) is 17.4 Å². The summed E-state index contributed by atoms with van der Waals surface area (Å²) in [5.74, 6) is -0.768. The van der Waals surface area contributed by atoms with Gasteiger partial charge in [0.25, 0.3) is 0 Å². The van der Waals surface area contributed by atoms with E-state index in [1.54, 1.807) is 6.92 Å². The molecular formula is C20H23NO5S2. The Morgan fingerprint density at radius 1 is 1.25 bits per heavy atom. The topological polar surface area (TPSA) is 89.5 Å². The van der Waals surface area contributed by atoms with Crippen LogP contribution in [0.1, 0.15) is 35.7 Å². The summed E-state index contributed by atoms with van der Waals surface area (Å²) in [4.78, 5) is 25.0. The number of benzene rings is 1. The number of rotatable bonds is 6. The first-order valence-electron chi connectivity index (χ1n) is 9.15. The zero-order valence-corrected chi connectivity index (χ0v) is 17.5. The Morgan fingerprint density at radius 2 is 1.96 bits per heavy atom. The molecule has 0 bridgehead atoms. The monoisotopic (exact) mass is 421 g/mol. The highest BCUT2D eigenvalue weighted by molar-refractivity contribution is 7.91. The summed E-state index contributed by atoms with van der Waals surface area (Å²) in [6.07, 6.45) is 0.624. The normalized spacial score (nSPS) is 18.0. The molecule has 0 radical (unpaired) electrons. The minimum atomic E-state index is -3.03. The minimum Gasteiger partial charge on any atom is -0.462 e. The minimum absolute atomic E-state index is 0.0458. The quantitative estimate of drug-likeness (QED) is 0.719. The fraction of sp³-hybridized carbons (Fsp3) is 0.400. The molecule has 0 aliphatic carbocycles. The van der Waals surface area contributed by atoms with E-state index in [1.165, 1.54) is 11.3 Å². The summed E-state index contributed by atoms with van der Waals surface area (Å²) >= 11 is 1.26. The van der Waals surface area contributed by atoms with Crippen LogP contribution in [0.4, 0.5) is 5.00 Å². The third kappa shape index (κ3) is 4.80. The Kier molecular flexibility index (Phi) is 6.20. The molecule has 1 aliphatic rings. The van der Waals surface area contributed by atoms with Crippen molar-refractivity contribution < 1.29 is 22.7 Å². The van der Waals surface area contributed by atoms with E-state index in [0.717, 1.165) is 11.1 Å². The summed E-state index contributed by atoms with van der Waals surface area (Å²) in [5, 5.41) is 5.05. The molecule has 1 unspecified atom stereocenters. The standard InChI is InChI=1S/C20H23NO5S2/c1-3-26-20(23)18-16(15-6-4-13(2)5-7-15)11-27-19(18)21-17(22)10-14-8-9-28(24,25)12-14/h4-7,11,14H,3,8-10,12H2,1-2H3,(H,21,22). The molecule has 0 spiro atoms. The van der Waals surface area contributed by atoms with Crippen molar-refractivity contribution in [1.29, 1.82) is 0 Å². The van der Waals surface area contributed by atoms with E-state index in [4.69, 9.17) is 4.74 Å². The highest BCUT2D eigenvalue weighted by Gasteiger charge is 2.30. The number of ether oxygens (including phenoxy) is 1. The molecule has 1 N–H and O–H groups in total. The molecule has 1 amide bonds. The van der Waals surface area contributed by atoms with Crippen molar-refractivity contribution in [3.63, 3.8) is 0 Å². The second-order valence-electron chi connectivity index (χ2n) is 6.96. The van der Waals surface area contributed by atoms with E-state index in [9.17, 15) is 18.0 Å². The van der Waals surface area contributed by atoms with Gasteiger partial charge in [0.05, 0.1) is 18.1 Å². The zero-order valence-electron chi connectivity index (χ0n) is 15.9. The van der Waals surface area contributed by atoms with Gasteiger partial charge >= 0.3 is 5.97 Å². The summed E-state index contributed by atoms with van der Waals surface area (Å²) in [7, 11) is -3.03. The zero-order chi connectivity index (χ0) is 20.3. The van der Waals surface area contributed by atoms with Crippen LogP contribution in [0.25, 0.3) is 11.1 Å². The molecular weight excluding hydrogens is 398 g/mol. The van der Waals surface area contributed by atoms with E-state index < -0.39 is 15.8 Å². The Hall–Kier alpha value is -2.19. The number of nitrogens with one attached hydrogen (secondary N) is 1. The number of aryl methyl sites for hydroxylation is 1. The lowest BCUT2D eigenvalue weighted by Gasteiger charge is -2.10. The van der Waals surface area contributed by atoms with Crippen LogP contribution in [-0.2, 0) is 19.4 Å². The molecule has 28 heavy (non-hydrogen) atoms. The van der Waals surface area contributed by atoms with Gasteiger partial charge in [-0.3, -0.25) is 4.79 Å².